The summed E-state index contributed by atoms with van der Waals surface area (Å²) in [6.45, 7) is 5.56. The summed E-state index contributed by atoms with van der Waals surface area (Å²) in [6.07, 6.45) is 5.91. The van der Waals surface area contributed by atoms with Crippen LogP contribution in [0.25, 0.3) is 0 Å². The molecule has 27 heavy (non-hydrogen) atoms. The van der Waals surface area contributed by atoms with Crippen LogP contribution in [0.1, 0.15) is 86.4 Å². The van der Waals surface area contributed by atoms with Crippen molar-refractivity contribution in [2.24, 2.45) is 5.92 Å². The molecule has 1 unspecified atom stereocenters. The van der Waals surface area contributed by atoms with Gasteiger partial charge in [-0.2, -0.15) is 0 Å². The molecule has 1 saturated carbocycles. The van der Waals surface area contributed by atoms with Crippen LogP contribution in [0.15, 0.2) is 24.3 Å². The third kappa shape index (κ3) is 4.40. The number of hydrogen-bond donors (Lipinski definition) is 0. The van der Waals surface area contributed by atoms with Gasteiger partial charge in [-0.05, 0) is 64.5 Å². The van der Waals surface area contributed by atoms with E-state index in [4.69, 9.17) is 4.74 Å². The van der Waals surface area contributed by atoms with E-state index in [1.54, 1.807) is 24.3 Å². The summed E-state index contributed by atoms with van der Waals surface area (Å²) in [6, 6.07) is 6.90. The summed E-state index contributed by atoms with van der Waals surface area (Å²) < 4.78 is 5.38. The van der Waals surface area contributed by atoms with Crippen molar-refractivity contribution in [2.75, 3.05) is 0 Å². The molecule has 2 amide bonds. The third-order valence-electron chi connectivity index (χ3n) is 5.40. The fourth-order valence-electron chi connectivity index (χ4n) is 4.27. The lowest BCUT2D eigenvalue weighted by Crippen LogP contribution is -2.43. The van der Waals surface area contributed by atoms with E-state index < -0.39 is 5.60 Å². The summed E-state index contributed by atoms with van der Waals surface area (Å²) in [7, 11) is 0. The average molecular weight is 371 g/mol. The SMILES string of the molecule is CC(C)(C)OC(=O)CCCC(C1CCCC1)N1C(=O)c2ccccc2C1=O. The second-order valence-corrected chi connectivity index (χ2v) is 8.62. The van der Waals surface area contributed by atoms with Gasteiger partial charge in [-0.15, -0.1) is 0 Å². The lowest BCUT2D eigenvalue weighted by atomic mass is 9.92. The molecule has 0 N–H and O–H groups in total. The summed E-state index contributed by atoms with van der Waals surface area (Å²) in [5, 5.41) is 0. The third-order valence-corrected chi connectivity index (χ3v) is 5.40. The highest BCUT2D eigenvalue weighted by Crippen LogP contribution is 2.36. The fraction of sp³-hybridized carbons (Fsp3) is 0.591. The van der Waals surface area contributed by atoms with E-state index in [2.05, 4.69) is 0 Å². The number of amides is 2. The van der Waals surface area contributed by atoms with E-state index in [0.717, 1.165) is 25.7 Å². The Balaban J connectivity index is 1.71. The quantitative estimate of drug-likeness (QED) is 0.551. The number of carbonyl (C=O) groups excluding carboxylic acids is 3. The van der Waals surface area contributed by atoms with Crippen molar-refractivity contribution < 1.29 is 19.1 Å². The maximum Gasteiger partial charge on any atom is 0.306 e. The van der Waals surface area contributed by atoms with E-state index in [9.17, 15) is 14.4 Å². The Kier molecular flexibility index (Phi) is 5.68. The number of ether oxygens (including phenoxy) is 1. The molecule has 0 saturated heterocycles. The summed E-state index contributed by atoms with van der Waals surface area (Å²) >= 11 is 0. The molecule has 1 aromatic rings. The molecule has 0 bridgehead atoms. The summed E-state index contributed by atoms with van der Waals surface area (Å²) in [5.74, 6) is -0.282. The molecular weight excluding hydrogens is 342 g/mol. The number of fused-ring (bicyclic) bond motifs is 1. The molecule has 1 fully saturated rings. The van der Waals surface area contributed by atoms with Gasteiger partial charge in [0.05, 0.1) is 11.1 Å². The zero-order chi connectivity index (χ0) is 19.6. The van der Waals surface area contributed by atoms with Gasteiger partial charge in [0.15, 0.2) is 0 Å². The highest BCUT2D eigenvalue weighted by atomic mass is 16.6. The number of nitrogens with zero attached hydrogens (tertiary/aromatic N) is 1. The second-order valence-electron chi connectivity index (χ2n) is 8.62. The second kappa shape index (κ2) is 7.83. The minimum absolute atomic E-state index is 0.137. The highest BCUT2D eigenvalue weighted by molar-refractivity contribution is 6.21. The number of hydrogen-bond acceptors (Lipinski definition) is 4. The molecule has 3 rings (SSSR count). The van der Waals surface area contributed by atoms with Crippen LogP contribution in [0.5, 0.6) is 0 Å². The van der Waals surface area contributed by atoms with Crippen molar-refractivity contribution in [1.29, 1.82) is 0 Å². The molecule has 1 aliphatic heterocycles. The van der Waals surface area contributed by atoms with Crippen molar-refractivity contribution in [3.05, 3.63) is 35.4 Å². The van der Waals surface area contributed by atoms with Crippen molar-refractivity contribution >= 4 is 17.8 Å². The minimum atomic E-state index is -0.496. The van der Waals surface area contributed by atoms with E-state index >= 15 is 0 Å². The predicted octanol–water partition coefficient (Wildman–Crippen LogP) is 4.35. The topological polar surface area (TPSA) is 63.7 Å². The molecule has 1 aliphatic carbocycles. The maximum absolute atomic E-state index is 12.9. The smallest absolute Gasteiger partial charge is 0.306 e. The van der Waals surface area contributed by atoms with E-state index in [1.807, 2.05) is 20.8 Å². The van der Waals surface area contributed by atoms with E-state index in [1.165, 1.54) is 4.90 Å². The first-order chi connectivity index (χ1) is 12.8. The van der Waals surface area contributed by atoms with Crippen LogP contribution in [0.4, 0.5) is 0 Å². The standard InChI is InChI=1S/C22H29NO4/c1-22(2,3)27-19(24)14-8-13-18(15-9-4-5-10-15)23-20(25)16-11-6-7-12-17(16)21(23)26/h6-7,11-12,15,18H,4-5,8-10,13-14H2,1-3H3. The van der Waals surface area contributed by atoms with Crippen molar-refractivity contribution in [2.45, 2.75) is 77.4 Å². The Bertz CT molecular complexity index is 693. The summed E-state index contributed by atoms with van der Waals surface area (Å²) in [4.78, 5) is 39.3. The number of benzene rings is 1. The number of esters is 1. The van der Waals surface area contributed by atoms with Gasteiger partial charge >= 0.3 is 5.97 Å². The molecule has 2 aliphatic rings. The molecule has 1 atom stereocenters. The fourth-order valence-corrected chi connectivity index (χ4v) is 4.27. The van der Waals surface area contributed by atoms with Crippen molar-refractivity contribution in [3.63, 3.8) is 0 Å². The molecule has 0 aromatic heterocycles. The first-order valence-electron chi connectivity index (χ1n) is 9.97. The molecule has 0 spiro atoms. The lowest BCUT2D eigenvalue weighted by molar-refractivity contribution is -0.154. The van der Waals surface area contributed by atoms with Crippen LogP contribution < -0.4 is 0 Å². The molecular formula is C22H29NO4. The number of rotatable bonds is 6. The Hall–Kier alpha value is -2.17. The van der Waals surface area contributed by atoms with Crippen LogP contribution in [0.2, 0.25) is 0 Å². The Morgan fingerprint density at radius 3 is 2.19 bits per heavy atom. The number of carbonyl (C=O) groups is 3. The van der Waals surface area contributed by atoms with Gasteiger partial charge in [0.2, 0.25) is 0 Å². The van der Waals surface area contributed by atoms with E-state index in [0.29, 0.717) is 36.3 Å². The normalized spacial score (nSPS) is 18.7. The minimum Gasteiger partial charge on any atom is -0.460 e. The van der Waals surface area contributed by atoms with Crippen LogP contribution in [0, 0.1) is 5.92 Å². The van der Waals surface area contributed by atoms with Crippen LogP contribution in [0.3, 0.4) is 0 Å². The zero-order valence-corrected chi connectivity index (χ0v) is 16.5. The van der Waals surface area contributed by atoms with Crippen LogP contribution in [-0.2, 0) is 9.53 Å². The van der Waals surface area contributed by atoms with Gasteiger partial charge < -0.3 is 4.74 Å². The highest BCUT2D eigenvalue weighted by Gasteiger charge is 2.42. The van der Waals surface area contributed by atoms with Gasteiger partial charge in [0, 0.05) is 12.5 Å². The van der Waals surface area contributed by atoms with E-state index in [-0.39, 0.29) is 23.8 Å². The first-order valence-corrected chi connectivity index (χ1v) is 9.97. The van der Waals surface area contributed by atoms with Gasteiger partial charge in [-0.25, -0.2) is 0 Å². The molecule has 1 aromatic carbocycles. The molecule has 0 radical (unpaired) electrons. The monoisotopic (exact) mass is 371 g/mol. The Morgan fingerprint density at radius 2 is 1.67 bits per heavy atom. The maximum atomic E-state index is 12.9. The van der Waals surface area contributed by atoms with Crippen LogP contribution >= 0.6 is 0 Å². The predicted molar refractivity (Wildman–Crippen MR) is 102 cm³/mol. The first kappa shape index (κ1) is 19.6. The van der Waals surface area contributed by atoms with Gasteiger partial charge in [-0.3, -0.25) is 19.3 Å². The van der Waals surface area contributed by atoms with Crippen LogP contribution in [-0.4, -0.2) is 34.3 Å². The zero-order valence-electron chi connectivity index (χ0n) is 16.5. The Labute approximate surface area is 161 Å². The van der Waals surface area contributed by atoms with Gasteiger partial charge in [0.1, 0.15) is 5.60 Å². The summed E-state index contributed by atoms with van der Waals surface area (Å²) in [5.41, 5.74) is 0.500. The largest absolute Gasteiger partial charge is 0.460 e. The van der Waals surface area contributed by atoms with Gasteiger partial charge in [0.25, 0.3) is 11.8 Å². The molecule has 5 heteroatoms. The van der Waals surface area contributed by atoms with Gasteiger partial charge in [-0.1, -0.05) is 25.0 Å². The lowest BCUT2D eigenvalue weighted by Gasteiger charge is -2.31. The average Bonchev–Trinajstić information content (AvgIpc) is 3.20. The van der Waals surface area contributed by atoms with Crippen molar-refractivity contribution in [3.8, 4) is 0 Å². The Morgan fingerprint density at radius 1 is 1.11 bits per heavy atom. The van der Waals surface area contributed by atoms with Crippen molar-refractivity contribution in [1.82, 2.24) is 4.90 Å². The molecule has 146 valence electrons. The molecule has 1 heterocycles. The number of imide groups is 1. The molecule has 5 nitrogen and oxygen atoms in total.